The highest BCUT2D eigenvalue weighted by Gasteiger charge is 2.38. The van der Waals surface area contributed by atoms with Gasteiger partial charge in [-0.25, -0.2) is 19.3 Å². The lowest BCUT2D eigenvalue weighted by Crippen LogP contribution is -2.36. The molecule has 0 aliphatic carbocycles. The number of H-pyrrole nitrogens is 1. The Kier molecular flexibility index (Phi) is 4.04. The van der Waals surface area contributed by atoms with Crippen molar-refractivity contribution in [1.29, 1.82) is 0 Å². The quantitative estimate of drug-likeness (QED) is 0.669. The van der Waals surface area contributed by atoms with E-state index >= 15 is 0 Å². The fraction of sp³-hybridized carbons (Fsp3) is 0.235. The normalized spacial score (nSPS) is 17.3. The van der Waals surface area contributed by atoms with Gasteiger partial charge in [0.05, 0.1) is 12.7 Å². The number of imidazole rings is 1. The molecular formula is C17H15FN6O2. The molecule has 1 atom stereocenters. The zero-order valence-electron chi connectivity index (χ0n) is 13.6. The fourth-order valence-corrected chi connectivity index (χ4v) is 3.00. The Hall–Kier alpha value is -3.36. The summed E-state index contributed by atoms with van der Waals surface area (Å²) in [4.78, 5) is 41.1. The zero-order chi connectivity index (χ0) is 18.1. The average Bonchev–Trinajstić information content (AvgIpc) is 3.20. The number of likely N-dealkylation sites (tertiary alicyclic amines) is 1. The van der Waals surface area contributed by atoms with Crippen LogP contribution in [0.5, 0.6) is 0 Å². The summed E-state index contributed by atoms with van der Waals surface area (Å²) >= 11 is 0. The minimum Gasteiger partial charge on any atom is -0.356 e. The lowest BCUT2D eigenvalue weighted by Gasteiger charge is -2.16. The van der Waals surface area contributed by atoms with Crippen LogP contribution in [0.1, 0.15) is 12.0 Å². The second-order valence-corrected chi connectivity index (χ2v) is 5.99. The van der Waals surface area contributed by atoms with Crippen LogP contribution in [-0.4, -0.2) is 49.2 Å². The molecule has 0 radical (unpaired) electrons. The largest absolute Gasteiger partial charge is 0.356 e. The minimum absolute atomic E-state index is 0.0433. The van der Waals surface area contributed by atoms with Crippen LogP contribution in [0.4, 0.5) is 10.2 Å². The highest BCUT2D eigenvalue weighted by Crippen LogP contribution is 2.21. The van der Waals surface area contributed by atoms with Crippen LogP contribution in [0, 0.1) is 5.82 Å². The number of imide groups is 1. The van der Waals surface area contributed by atoms with Crippen molar-refractivity contribution in [3.8, 4) is 0 Å². The second kappa shape index (κ2) is 6.51. The Morgan fingerprint density at radius 2 is 2.15 bits per heavy atom. The predicted molar refractivity (Wildman–Crippen MR) is 90.5 cm³/mol. The van der Waals surface area contributed by atoms with E-state index < -0.39 is 6.04 Å². The number of nitrogens with one attached hydrogen (secondary N) is 2. The number of halogens is 1. The highest BCUT2D eigenvalue weighted by molar-refractivity contribution is 6.07. The van der Waals surface area contributed by atoms with E-state index in [9.17, 15) is 14.0 Å². The predicted octanol–water partition coefficient (Wildman–Crippen LogP) is 1.27. The molecule has 2 N–H and O–H groups in total. The molecule has 1 saturated heterocycles. The highest BCUT2D eigenvalue weighted by atomic mass is 19.1. The van der Waals surface area contributed by atoms with E-state index in [2.05, 4.69) is 25.3 Å². The maximum atomic E-state index is 13.2. The third-order valence-electron chi connectivity index (χ3n) is 4.29. The van der Waals surface area contributed by atoms with Gasteiger partial charge in [0.15, 0.2) is 11.5 Å². The van der Waals surface area contributed by atoms with Crippen molar-refractivity contribution < 1.29 is 14.0 Å². The van der Waals surface area contributed by atoms with Crippen molar-refractivity contribution in [3.05, 3.63) is 48.3 Å². The van der Waals surface area contributed by atoms with E-state index in [0.717, 1.165) is 5.56 Å². The van der Waals surface area contributed by atoms with Gasteiger partial charge < -0.3 is 10.3 Å². The molecule has 1 fully saturated rings. The van der Waals surface area contributed by atoms with Crippen molar-refractivity contribution >= 4 is 28.8 Å². The van der Waals surface area contributed by atoms with Crippen LogP contribution < -0.4 is 5.32 Å². The number of nitrogens with zero attached hydrogens (tertiary/aromatic N) is 4. The van der Waals surface area contributed by atoms with Crippen LogP contribution >= 0.6 is 0 Å². The van der Waals surface area contributed by atoms with Gasteiger partial charge in [-0.05, 0) is 24.1 Å². The molecule has 9 heteroatoms. The molecular weight excluding hydrogens is 339 g/mol. The van der Waals surface area contributed by atoms with Crippen molar-refractivity contribution in [2.45, 2.75) is 18.9 Å². The van der Waals surface area contributed by atoms with Gasteiger partial charge in [-0.15, -0.1) is 0 Å². The number of hydrogen-bond acceptors (Lipinski definition) is 6. The van der Waals surface area contributed by atoms with Gasteiger partial charge in [0.1, 0.15) is 23.7 Å². The molecule has 0 saturated carbocycles. The molecule has 3 aromatic rings. The van der Waals surface area contributed by atoms with Gasteiger partial charge in [0.2, 0.25) is 5.91 Å². The van der Waals surface area contributed by atoms with Crippen molar-refractivity contribution in [3.63, 3.8) is 0 Å². The zero-order valence-corrected chi connectivity index (χ0v) is 13.6. The van der Waals surface area contributed by atoms with Crippen LogP contribution in [-0.2, 0) is 16.0 Å². The van der Waals surface area contributed by atoms with Gasteiger partial charge in [0.25, 0.3) is 5.91 Å². The molecule has 1 aliphatic heterocycles. The number of aromatic amines is 1. The summed E-state index contributed by atoms with van der Waals surface area (Å²) in [6, 6.07) is 5.42. The standard InChI is InChI=1S/C17H15FN6O2/c18-11-3-1-2-10(6-11)4-5-24-13(25)7-12(17(24)26)23-16-14-15(20-8-19-14)21-9-22-16/h1-3,6,8-9,12H,4-5,7H2,(H2,19,20,21,22,23). The number of hydrogen-bond donors (Lipinski definition) is 2. The van der Waals surface area contributed by atoms with Gasteiger partial charge in [-0.2, -0.15) is 0 Å². The summed E-state index contributed by atoms with van der Waals surface area (Å²) in [7, 11) is 0. The van der Waals surface area contributed by atoms with Crippen LogP contribution in [0.15, 0.2) is 36.9 Å². The molecule has 0 bridgehead atoms. The number of rotatable bonds is 5. The Morgan fingerprint density at radius 1 is 1.27 bits per heavy atom. The molecule has 8 nitrogen and oxygen atoms in total. The molecule has 1 aromatic carbocycles. The molecule has 1 unspecified atom stereocenters. The van der Waals surface area contributed by atoms with E-state index in [0.29, 0.717) is 23.4 Å². The van der Waals surface area contributed by atoms with E-state index in [1.807, 2.05) is 0 Å². The summed E-state index contributed by atoms with van der Waals surface area (Å²) in [5.41, 5.74) is 1.78. The smallest absolute Gasteiger partial charge is 0.252 e. The van der Waals surface area contributed by atoms with E-state index in [1.165, 1.54) is 29.7 Å². The third-order valence-corrected chi connectivity index (χ3v) is 4.29. The summed E-state index contributed by atoms with van der Waals surface area (Å²) in [6.45, 7) is 0.211. The van der Waals surface area contributed by atoms with Crippen LogP contribution in [0.25, 0.3) is 11.2 Å². The number of amides is 2. The first-order valence-electron chi connectivity index (χ1n) is 8.11. The van der Waals surface area contributed by atoms with Crippen molar-refractivity contribution in [2.24, 2.45) is 0 Å². The van der Waals surface area contributed by atoms with Crippen molar-refractivity contribution in [1.82, 2.24) is 24.8 Å². The second-order valence-electron chi connectivity index (χ2n) is 5.99. The van der Waals surface area contributed by atoms with Gasteiger partial charge in [-0.1, -0.05) is 12.1 Å². The number of carbonyl (C=O) groups excluding carboxylic acids is 2. The SMILES string of the molecule is O=C1CC(Nc2ncnc3nc[nH]c23)C(=O)N1CCc1cccc(F)c1. The Balaban J connectivity index is 1.46. The summed E-state index contributed by atoms with van der Waals surface area (Å²) in [5.74, 6) is -0.504. The molecule has 3 heterocycles. The van der Waals surface area contributed by atoms with E-state index in [4.69, 9.17) is 0 Å². The maximum absolute atomic E-state index is 13.2. The number of fused-ring (bicyclic) bond motifs is 1. The molecule has 2 aromatic heterocycles. The number of aromatic nitrogens is 4. The Morgan fingerprint density at radius 3 is 3.00 bits per heavy atom. The number of benzene rings is 1. The monoisotopic (exact) mass is 354 g/mol. The molecule has 2 amide bonds. The third kappa shape index (κ3) is 2.99. The van der Waals surface area contributed by atoms with Crippen molar-refractivity contribution in [2.75, 3.05) is 11.9 Å². The van der Waals surface area contributed by atoms with E-state index in [-0.39, 0.29) is 30.6 Å². The topological polar surface area (TPSA) is 104 Å². The first kappa shape index (κ1) is 16.1. The fourth-order valence-electron chi connectivity index (χ4n) is 3.00. The lowest BCUT2D eigenvalue weighted by atomic mass is 10.1. The molecule has 0 spiro atoms. The Bertz CT molecular complexity index is 988. The van der Waals surface area contributed by atoms with Crippen LogP contribution in [0.3, 0.4) is 0 Å². The molecule has 26 heavy (non-hydrogen) atoms. The van der Waals surface area contributed by atoms with Gasteiger partial charge >= 0.3 is 0 Å². The summed E-state index contributed by atoms with van der Waals surface area (Å²) in [5, 5.41) is 2.99. The molecule has 4 rings (SSSR count). The lowest BCUT2D eigenvalue weighted by molar-refractivity contribution is -0.138. The maximum Gasteiger partial charge on any atom is 0.252 e. The minimum atomic E-state index is -0.698. The average molecular weight is 354 g/mol. The van der Waals surface area contributed by atoms with E-state index in [1.54, 1.807) is 12.1 Å². The molecule has 1 aliphatic rings. The Labute approximate surface area is 147 Å². The first-order chi connectivity index (χ1) is 12.6. The number of anilines is 1. The first-order valence-corrected chi connectivity index (χ1v) is 8.11. The number of carbonyl (C=O) groups is 2. The van der Waals surface area contributed by atoms with Crippen LogP contribution in [0.2, 0.25) is 0 Å². The molecule has 132 valence electrons. The summed E-state index contributed by atoms with van der Waals surface area (Å²) in [6.07, 6.45) is 3.27. The summed E-state index contributed by atoms with van der Waals surface area (Å²) < 4.78 is 13.2. The van der Waals surface area contributed by atoms with Gasteiger partial charge in [-0.3, -0.25) is 14.5 Å². The van der Waals surface area contributed by atoms with Gasteiger partial charge in [0, 0.05) is 6.54 Å².